The molecular formula is C33H22F12N2O2. The van der Waals surface area contributed by atoms with Gasteiger partial charge < -0.3 is 10.6 Å². The van der Waals surface area contributed by atoms with Crippen molar-refractivity contribution in [1.82, 2.24) is 10.6 Å². The van der Waals surface area contributed by atoms with Gasteiger partial charge in [-0.05, 0) is 69.8 Å². The fraction of sp³-hybridized carbons (Fsp3) is 0.212. The van der Waals surface area contributed by atoms with Crippen LogP contribution in [0.4, 0.5) is 52.7 Å². The van der Waals surface area contributed by atoms with Crippen LogP contribution in [0.15, 0.2) is 84.9 Å². The van der Waals surface area contributed by atoms with Crippen molar-refractivity contribution in [3.63, 3.8) is 0 Å². The summed E-state index contributed by atoms with van der Waals surface area (Å²) < 4.78 is 161. The number of halogens is 12. The van der Waals surface area contributed by atoms with Crippen LogP contribution in [0.3, 0.4) is 0 Å². The van der Waals surface area contributed by atoms with Crippen molar-refractivity contribution in [3.8, 4) is 22.3 Å². The summed E-state index contributed by atoms with van der Waals surface area (Å²) in [4.78, 5) is 25.1. The van der Waals surface area contributed by atoms with Crippen molar-refractivity contribution in [2.45, 2.75) is 44.2 Å². The van der Waals surface area contributed by atoms with Gasteiger partial charge in [-0.1, -0.05) is 48.5 Å². The molecule has 0 bridgehead atoms. The van der Waals surface area contributed by atoms with E-state index in [0.717, 1.165) is 0 Å². The zero-order chi connectivity index (χ0) is 36.4. The average molecular weight is 707 g/mol. The molecule has 260 valence electrons. The first-order valence-corrected chi connectivity index (χ1v) is 13.9. The summed E-state index contributed by atoms with van der Waals surface area (Å²) >= 11 is 0. The Morgan fingerprint density at radius 3 is 1.02 bits per heavy atom. The second kappa shape index (κ2) is 13.8. The molecule has 0 saturated carbocycles. The molecule has 0 saturated heterocycles. The smallest absolute Gasteiger partial charge is 0.352 e. The van der Waals surface area contributed by atoms with E-state index in [-0.39, 0.29) is 34.4 Å². The minimum absolute atomic E-state index is 0.0235. The van der Waals surface area contributed by atoms with Crippen molar-refractivity contribution in [2.75, 3.05) is 0 Å². The first kappa shape index (κ1) is 36.8. The maximum atomic E-state index is 13.4. The maximum Gasteiger partial charge on any atom is 0.416 e. The summed E-state index contributed by atoms with van der Waals surface area (Å²) in [6.07, 6.45) is -21.2. The van der Waals surface area contributed by atoms with E-state index < -0.39 is 89.4 Å². The number of hydrogen-bond acceptors (Lipinski definition) is 2. The first-order chi connectivity index (χ1) is 22.6. The average Bonchev–Trinajstić information content (AvgIpc) is 3.01. The normalized spacial score (nSPS) is 12.5. The van der Waals surface area contributed by atoms with Gasteiger partial charge in [0.25, 0.3) is 0 Å². The number of rotatable bonds is 8. The van der Waals surface area contributed by atoms with Gasteiger partial charge in [0, 0.05) is 13.1 Å². The van der Waals surface area contributed by atoms with Crippen LogP contribution >= 0.6 is 0 Å². The second-order valence-electron chi connectivity index (χ2n) is 10.6. The lowest BCUT2D eigenvalue weighted by molar-refractivity contribution is -0.144. The number of carbonyl (C=O) groups excluding carboxylic acids is 2. The number of alkyl halides is 12. The SMILES string of the molecule is O=C(CC(=O)NCc1ccccc1-c1cc(C(F)(F)F)cc(C(F)(F)F)c1)NCc1ccccc1-c1cc(C(F)(F)F)cc(C(F)(F)F)c1. The van der Waals surface area contributed by atoms with Crippen LogP contribution in [-0.2, 0) is 47.4 Å². The van der Waals surface area contributed by atoms with Gasteiger partial charge in [0.05, 0.1) is 22.3 Å². The lowest BCUT2D eigenvalue weighted by Crippen LogP contribution is -2.31. The van der Waals surface area contributed by atoms with E-state index in [1.165, 1.54) is 48.5 Å². The predicted octanol–water partition coefficient (Wildman–Crippen LogP) is 9.42. The van der Waals surface area contributed by atoms with Crippen LogP contribution in [-0.4, -0.2) is 11.8 Å². The van der Waals surface area contributed by atoms with Crippen molar-refractivity contribution in [1.29, 1.82) is 0 Å². The van der Waals surface area contributed by atoms with Gasteiger partial charge in [0.15, 0.2) is 0 Å². The highest BCUT2D eigenvalue weighted by Crippen LogP contribution is 2.41. The molecule has 0 unspecified atom stereocenters. The molecule has 0 fully saturated rings. The highest BCUT2D eigenvalue weighted by Gasteiger charge is 2.38. The van der Waals surface area contributed by atoms with E-state index in [1.807, 2.05) is 0 Å². The van der Waals surface area contributed by atoms with Crippen LogP contribution in [0.25, 0.3) is 22.3 Å². The van der Waals surface area contributed by atoms with Crippen LogP contribution < -0.4 is 10.6 Å². The van der Waals surface area contributed by atoms with Gasteiger partial charge in [0.2, 0.25) is 11.8 Å². The Morgan fingerprint density at radius 2 is 0.735 bits per heavy atom. The molecule has 0 atom stereocenters. The summed E-state index contributed by atoms with van der Waals surface area (Å²) in [5.74, 6) is -1.82. The first-order valence-electron chi connectivity index (χ1n) is 13.9. The summed E-state index contributed by atoms with van der Waals surface area (Å²) in [6.45, 7) is -0.806. The van der Waals surface area contributed by atoms with Gasteiger partial charge in [-0.15, -0.1) is 0 Å². The van der Waals surface area contributed by atoms with Crippen LogP contribution in [0, 0.1) is 0 Å². The van der Waals surface area contributed by atoms with Crippen LogP contribution in [0.1, 0.15) is 39.8 Å². The number of nitrogens with one attached hydrogen (secondary N) is 2. The lowest BCUT2D eigenvalue weighted by Gasteiger charge is -2.17. The van der Waals surface area contributed by atoms with E-state index in [1.54, 1.807) is 0 Å². The van der Waals surface area contributed by atoms with Gasteiger partial charge in [0.1, 0.15) is 6.42 Å². The third kappa shape index (κ3) is 9.54. The Hall–Kier alpha value is -5.02. The molecule has 2 N–H and O–H groups in total. The molecular weight excluding hydrogens is 684 g/mol. The van der Waals surface area contributed by atoms with Crippen molar-refractivity contribution in [2.24, 2.45) is 0 Å². The number of amides is 2. The molecule has 0 spiro atoms. The fourth-order valence-corrected chi connectivity index (χ4v) is 4.79. The number of benzene rings is 4. The molecule has 0 aromatic heterocycles. The number of hydrogen-bond donors (Lipinski definition) is 2. The topological polar surface area (TPSA) is 58.2 Å². The predicted molar refractivity (Wildman–Crippen MR) is 152 cm³/mol. The Kier molecular flexibility index (Phi) is 10.4. The lowest BCUT2D eigenvalue weighted by atomic mass is 9.95. The molecule has 4 nitrogen and oxygen atoms in total. The van der Waals surface area contributed by atoms with E-state index >= 15 is 0 Å². The minimum Gasteiger partial charge on any atom is -0.352 e. The molecule has 0 aliphatic heterocycles. The van der Waals surface area contributed by atoms with E-state index in [4.69, 9.17) is 0 Å². The van der Waals surface area contributed by atoms with E-state index in [0.29, 0.717) is 24.3 Å². The Balaban J connectivity index is 1.47. The third-order valence-electron chi connectivity index (χ3n) is 7.11. The molecule has 4 aromatic rings. The molecule has 0 heterocycles. The summed E-state index contributed by atoms with van der Waals surface area (Å²) in [7, 11) is 0. The molecule has 16 heteroatoms. The standard InChI is InChI=1S/C33H22F12N2O2/c34-30(35,36)22-9-20(10-23(13-22)31(37,38)39)26-7-3-1-5-18(26)16-46-28(48)15-29(49)47-17-19-6-2-4-8-27(19)21-11-24(32(40,41)42)14-25(12-21)33(43,44)45/h1-14H,15-17H2,(H,46,48)(H,47,49). The quantitative estimate of drug-likeness (QED) is 0.142. The molecule has 4 rings (SSSR count). The number of carbonyl (C=O) groups is 2. The third-order valence-corrected chi connectivity index (χ3v) is 7.11. The molecule has 0 aliphatic rings. The van der Waals surface area contributed by atoms with Gasteiger partial charge in [-0.25, -0.2) is 0 Å². The molecule has 0 radical (unpaired) electrons. The Bertz CT molecular complexity index is 1640. The zero-order valence-electron chi connectivity index (χ0n) is 24.6. The van der Waals surface area contributed by atoms with Gasteiger partial charge in [-0.2, -0.15) is 52.7 Å². The fourth-order valence-electron chi connectivity index (χ4n) is 4.79. The zero-order valence-corrected chi connectivity index (χ0v) is 24.6. The van der Waals surface area contributed by atoms with Crippen molar-refractivity contribution in [3.05, 3.63) is 118 Å². The molecule has 4 aromatic carbocycles. The monoisotopic (exact) mass is 706 g/mol. The molecule has 49 heavy (non-hydrogen) atoms. The summed E-state index contributed by atoms with van der Waals surface area (Å²) in [5.41, 5.74) is -6.86. The molecule has 2 amide bonds. The Morgan fingerprint density at radius 1 is 0.449 bits per heavy atom. The minimum atomic E-state index is -5.09. The highest BCUT2D eigenvalue weighted by atomic mass is 19.4. The highest BCUT2D eigenvalue weighted by molar-refractivity contribution is 5.97. The van der Waals surface area contributed by atoms with Crippen molar-refractivity contribution < 1.29 is 62.3 Å². The van der Waals surface area contributed by atoms with Gasteiger partial charge >= 0.3 is 24.7 Å². The van der Waals surface area contributed by atoms with E-state index in [2.05, 4.69) is 10.6 Å². The maximum absolute atomic E-state index is 13.4. The molecule has 0 aliphatic carbocycles. The summed E-state index contributed by atoms with van der Waals surface area (Å²) in [6, 6.07) is 12.9. The second-order valence-corrected chi connectivity index (χ2v) is 10.6. The Labute approximate surface area is 269 Å². The van der Waals surface area contributed by atoms with E-state index in [9.17, 15) is 62.3 Å². The largest absolute Gasteiger partial charge is 0.416 e. The van der Waals surface area contributed by atoms with Crippen molar-refractivity contribution >= 4 is 11.8 Å². The summed E-state index contributed by atoms with van der Waals surface area (Å²) in [5, 5.41) is 4.70. The van der Waals surface area contributed by atoms with Gasteiger partial charge in [-0.3, -0.25) is 9.59 Å². The van der Waals surface area contributed by atoms with Crippen LogP contribution in [0.5, 0.6) is 0 Å². The van der Waals surface area contributed by atoms with Crippen LogP contribution in [0.2, 0.25) is 0 Å².